The summed E-state index contributed by atoms with van der Waals surface area (Å²) in [7, 11) is -3.92. The van der Waals surface area contributed by atoms with Crippen molar-refractivity contribution >= 4 is 50.6 Å². The molecule has 1 nitrogen and oxygen atoms in total. The minimum absolute atomic E-state index is 0.0821. The van der Waals surface area contributed by atoms with Crippen LogP contribution in [0.5, 0.6) is 0 Å². The van der Waals surface area contributed by atoms with Crippen molar-refractivity contribution < 1.29 is 13.7 Å². The molecule has 384 valence electrons. The van der Waals surface area contributed by atoms with Crippen molar-refractivity contribution in [2.45, 2.75) is 11.8 Å². The van der Waals surface area contributed by atoms with Crippen LogP contribution in [-0.2, 0) is 0 Å². The van der Waals surface area contributed by atoms with Crippen molar-refractivity contribution in [3.63, 3.8) is 0 Å². The summed E-state index contributed by atoms with van der Waals surface area (Å²) in [6.45, 7) is 0. The molecule has 0 radical (unpaired) electrons. The van der Waals surface area contributed by atoms with E-state index in [1.807, 2.05) is 54.6 Å². The molecule has 13 aromatic carbocycles. The number of nitrogens with zero attached hydrogens (tertiary/aromatic N) is 1. The third-order valence-electron chi connectivity index (χ3n) is 17.3. The largest absolute Gasteiger partial charge is 0.309 e. The van der Waals surface area contributed by atoms with Gasteiger partial charge in [-0.1, -0.05) is 297 Å². The van der Waals surface area contributed by atoms with Gasteiger partial charge in [0.2, 0.25) is 0 Å². The van der Waals surface area contributed by atoms with Gasteiger partial charge in [-0.2, -0.15) is 0 Å². The number of hydrogen-bond donors (Lipinski definition) is 0. The van der Waals surface area contributed by atoms with E-state index in [2.05, 4.69) is 211 Å². The molecule has 2 heteroatoms. The highest BCUT2D eigenvalue weighted by molar-refractivity contribution is 7.20. The van der Waals surface area contributed by atoms with E-state index in [1.54, 1.807) is 0 Å². The quantitative estimate of drug-likeness (QED) is 0.0950. The first kappa shape index (κ1) is 38.5. The zero-order valence-electron chi connectivity index (χ0n) is 54.4. The lowest BCUT2D eigenvalue weighted by Crippen LogP contribution is -2.75. The molecule has 1 heterocycles. The molecule has 0 aliphatic heterocycles. The summed E-state index contributed by atoms with van der Waals surface area (Å²) in [6.07, 6.45) is 0. The monoisotopic (exact) mass is 1070 g/mol. The summed E-state index contributed by atoms with van der Waals surface area (Å²) in [5.41, 5.74) is 18.2. The Balaban J connectivity index is 0.983. The Morgan fingerprint density at radius 3 is 1.41 bits per heavy atom. The number of rotatable bonds is 10. The van der Waals surface area contributed by atoms with Crippen LogP contribution in [0.1, 0.15) is 58.9 Å². The maximum atomic E-state index is 9.29. The van der Waals surface area contributed by atoms with Crippen LogP contribution in [0.25, 0.3) is 83.1 Å². The average Bonchev–Trinajstić information content (AvgIpc) is 0.686. The van der Waals surface area contributed by atoms with Gasteiger partial charge in [-0.05, 0) is 134 Å². The molecule has 14 aromatic rings. The summed E-state index contributed by atoms with van der Waals surface area (Å²) in [6, 6.07) is 87.9. The number of para-hydroxylation sites is 1. The van der Waals surface area contributed by atoms with E-state index < -0.39 is 44.3 Å². The van der Waals surface area contributed by atoms with Gasteiger partial charge in [0.05, 0.1) is 30.4 Å². The zero-order valence-corrected chi connectivity index (χ0v) is 45.4. The Labute approximate surface area is 494 Å². The number of fused-ring (bicyclic) bond motifs is 3. The normalized spacial score (nSPS) is 15.8. The molecule has 0 saturated carbocycles. The summed E-state index contributed by atoms with van der Waals surface area (Å²) >= 11 is 0. The summed E-state index contributed by atoms with van der Waals surface area (Å²) in [5, 5.41) is 5.98. The van der Waals surface area contributed by atoms with E-state index in [0.29, 0.717) is 11.1 Å². The van der Waals surface area contributed by atoms with E-state index in [1.165, 1.54) is 22.3 Å². The number of hydrogen-bond acceptors (Lipinski definition) is 0. The van der Waals surface area contributed by atoms with Gasteiger partial charge in [0, 0.05) is 22.6 Å². The molecule has 0 N–H and O–H groups in total. The molecule has 2 atom stereocenters. The fourth-order valence-electron chi connectivity index (χ4n) is 14.0. The van der Waals surface area contributed by atoms with Crippen molar-refractivity contribution in [1.82, 2.24) is 4.57 Å². The van der Waals surface area contributed by atoms with E-state index in [9.17, 15) is 5.48 Å². The molecule has 17 rings (SSSR count). The van der Waals surface area contributed by atoms with E-state index in [4.69, 9.17) is 8.22 Å². The summed E-state index contributed by atoms with van der Waals surface area (Å²) < 4.78 is 92.1. The third kappa shape index (κ3) is 7.45. The highest BCUT2D eigenvalue weighted by Gasteiger charge is 2.50. The second kappa shape index (κ2) is 19.6. The van der Waals surface area contributed by atoms with Crippen LogP contribution < -0.4 is 20.7 Å². The standard InChI is InChI=1S/C80H55NSi/c1-6-25-54(26-7-1)58-33-20-37-62(51-58)82(61-35-14-5-15-36-61,63-38-21-34-59(52-63)55-27-8-2-9-28-55)75-48-24-45-70-77-67-40-16-17-41-68(67)80(79(70)75)78-69(77)44-23-47-74(78)81-72-46-19-18-39-66(72)71-53-60(49-50-73(71)81)76-64(56-29-10-3-11-30-56)42-22-43-65(76)57-31-12-4-13-32-57/h1-53,77,80H/i1D,2D,6D,7D,8D,9D,25D,26D,27D,28D. The van der Waals surface area contributed by atoms with Gasteiger partial charge in [-0.3, -0.25) is 0 Å². The Morgan fingerprint density at radius 2 is 0.780 bits per heavy atom. The van der Waals surface area contributed by atoms with Crippen LogP contribution in [-0.4, -0.2) is 12.6 Å². The Kier molecular flexibility index (Phi) is 9.20. The lowest BCUT2D eigenvalue weighted by Gasteiger charge is -2.47. The van der Waals surface area contributed by atoms with Crippen molar-refractivity contribution in [2.24, 2.45) is 0 Å². The maximum absolute atomic E-state index is 9.29. The zero-order chi connectivity index (χ0) is 62.8. The molecule has 3 aliphatic rings. The van der Waals surface area contributed by atoms with Crippen LogP contribution in [0.15, 0.2) is 321 Å². The first-order chi connectivity index (χ1) is 44.9. The smallest absolute Gasteiger partial charge is 0.179 e. The van der Waals surface area contributed by atoms with E-state index >= 15 is 0 Å². The van der Waals surface area contributed by atoms with Gasteiger partial charge in [-0.15, -0.1) is 0 Å². The van der Waals surface area contributed by atoms with Gasteiger partial charge < -0.3 is 4.57 Å². The van der Waals surface area contributed by atoms with Gasteiger partial charge in [0.1, 0.15) is 0 Å². The minimum Gasteiger partial charge on any atom is -0.309 e. The highest BCUT2D eigenvalue weighted by Crippen LogP contribution is 2.57. The SMILES string of the molecule is [2H]c1c([2H])c([2H])c(-c2cccc([Si](c3ccccc3)(c3cccc(-c4c([2H])c([2H])c([2H])c([2H])c4[2H])c3)c3cccc4c3C3c5ccccc5C4c4cccc(-n5c6ccccc6c6cc(-c7c(-c8ccccc8)cccc7-c7ccccc7)ccc65)c43)c2)c([2H])c1[2H]. The first-order valence-corrected chi connectivity index (χ1v) is 29.9. The molecule has 82 heavy (non-hydrogen) atoms. The van der Waals surface area contributed by atoms with Crippen LogP contribution in [0.2, 0.25) is 0 Å². The van der Waals surface area contributed by atoms with Crippen LogP contribution in [0, 0.1) is 0 Å². The predicted octanol–water partition coefficient (Wildman–Crippen LogP) is 17.5. The second-order valence-corrected chi connectivity index (χ2v) is 25.2. The molecule has 2 bridgehead atoms. The second-order valence-electron chi connectivity index (χ2n) is 21.4. The van der Waals surface area contributed by atoms with E-state index in [0.717, 1.165) is 92.7 Å². The average molecular weight is 1070 g/mol. The molecule has 0 spiro atoms. The number of benzene rings is 13. The molecular weight excluding hydrogens is 1000 g/mol. The third-order valence-corrected chi connectivity index (χ3v) is 22.1. The molecule has 2 unspecified atom stereocenters. The molecule has 0 saturated heterocycles. The lowest BCUT2D eigenvalue weighted by molar-refractivity contribution is 0.752. The topological polar surface area (TPSA) is 4.93 Å². The molecular formula is C80H55NSi. The van der Waals surface area contributed by atoms with Gasteiger partial charge in [0.25, 0.3) is 0 Å². The predicted molar refractivity (Wildman–Crippen MR) is 346 cm³/mol. The minimum atomic E-state index is -3.92. The summed E-state index contributed by atoms with van der Waals surface area (Å²) in [4.78, 5) is 0. The van der Waals surface area contributed by atoms with Crippen molar-refractivity contribution in [3.05, 3.63) is 355 Å². The van der Waals surface area contributed by atoms with Gasteiger partial charge >= 0.3 is 0 Å². The Hall–Kier alpha value is -10.1. The van der Waals surface area contributed by atoms with Gasteiger partial charge in [-0.25, -0.2) is 0 Å². The molecule has 1 aromatic heterocycles. The highest BCUT2D eigenvalue weighted by atomic mass is 28.3. The number of aromatic nitrogens is 1. The Bertz CT molecular complexity index is 5150. The molecule has 3 aliphatic carbocycles. The van der Waals surface area contributed by atoms with E-state index in [-0.39, 0.29) is 47.1 Å². The Morgan fingerprint density at radius 1 is 0.305 bits per heavy atom. The van der Waals surface area contributed by atoms with Crippen molar-refractivity contribution in [1.29, 1.82) is 0 Å². The van der Waals surface area contributed by atoms with Crippen LogP contribution in [0.4, 0.5) is 0 Å². The van der Waals surface area contributed by atoms with Crippen molar-refractivity contribution in [2.75, 3.05) is 0 Å². The maximum Gasteiger partial charge on any atom is 0.179 e. The molecule has 0 fully saturated rings. The molecule has 0 amide bonds. The fourth-order valence-corrected chi connectivity index (χ4v) is 19.1. The fraction of sp³-hybridized carbons (Fsp3) is 0.0250. The van der Waals surface area contributed by atoms with Crippen LogP contribution in [0.3, 0.4) is 0 Å². The van der Waals surface area contributed by atoms with Gasteiger partial charge in [0.15, 0.2) is 8.07 Å². The van der Waals surface area contributed by atoms with Crippen molar-refractivity contribution in [3.8, 4) is 61.3 Å². The van der Waals surface area contributed by atoms with Crippen LogP contribution >= 0.6 is 0 Å². The first-order valence-electron chi connectivity index (χ1n) is 32.9. The summed E-state index contributed by atoms with van der Waals surface area (Å²) in [5.74, 6) is -0.553. The lowest BCUT2D eigenvalue weighted by atomic mass is 9.60.